The van der Waals surface area contributed by atoms with E-state index in [0.29, 0.717) is 0 Å². The molecular formula is C16H28O6S3. The van der Waals surface area contributed by atoms with Crippen molar-refractivity contribution in [2.24, 2.45) is 0 Å². The number of rotatable bonds is 10. The van der Waals surface area contributed by atoms with E-state index in [4.69, 9.17) is 0 Å². The SMILES string of the molecule is C=CCS(=O)(=O)CC=C.C=CCS(=O)(=O)CC=C.C=CCS(C)(=O)=O. The van der Waals surface area contributed by atoms with E-state index in [2.05, 4.69) is 32.9 Å². The Morgan fingerprint density at radius 1 is 0.520 bits per heavy atom. The fraction of sp³-hybridized carbons (Fsp3) is 0.375. The van der Waals surface area contributed by atoms with Gasteiger partial charge in [0.2, 0.25) is 0 Å². The van der Waals surface area contributed by atoms with Crippen molar-refractivity contribution in [3.63, 3.8) is 0 Å². The van der Waals surface area contributed by atoms with Crippen LogP contribution in [-0.4, -0.2) is 60.3 Å². The van der Waals surface area contributed by atoms with Crippen LogP contribution in [0, 0.1) is 0 Å². The summed E-state index contributed by atoms with van der Waals surface area (Å²) in [7, 11) is -8.63. The van der Waals surface area contributed by atoms with Crippen molar-refractivity contribution in [2.75, 3.05) is 35.0 Å². The van der Waals surface area contributed by atoms with Gasteiger partial charge in [-0.2, -0.15) is 0 Å². The van der Waals surface area contributed by atoms with Crippen LogP contribution in [0.2, 0.25) is 0 Å². The Kier molecular flexibility index (Phi) is 16.9. The Hall–Kier alpha value is -1.45. The first-order chi connectivity index (χ1) is 11.3. The van der Waals surface area contributed by atoms with E-state index in [1.165, 1.54) is 36.6 Å². The van der Waals surface area contributed by atoms with Crippen LogP contribution < -0.4 is 0 Å². The Balaban J connectivity index is -0.000000293. The van der Waals surface area contributed by atoms with Gasteiger partial charge in [0.1, 0.15) is 0 Å². The number of sulfone groups is 3. The molecule has 0 spiro atoms. The first-order valence-corrected chi connectivity index (χ1v) is 12.6. The van der Waals surface area contributed by atoms with Gasteiger partial charge in [0.25, 0.3) is 0 Å². The molecule has 25 heavy (non-hydrogen) atoms. The molecule has 0 saturated heterocycles. The van der Waals surface area contributed by atoms with Crippen LogP contribution in [0.4, 0.5) is 0 Å². The molecule has 0 fully saturated rings. The third kappa shape index (κ3) is 27.7. The van der Waals surface area contributed by atoms with Crippen LogP contribution in [0.25, 0.3) is 0 Å². The largest absolute Gasteiger partial charge is 0.229 e. The molecule has 0 aromatic carbocycles. The Morgan fingerprint density at radius 3 is 0.800 bits per heavy atom. The van der Waals surface area contributed by atoms with E-state index in [-0.39, 0.29) is 28.8 Å². The molecule has 0 unspecified atom stereocenters. The normalized spacial score (nSPS) is 10.8. The lowest BCUT2D eigenvalue weighted by molar-refractivity contribution is 0.600. The van der Waals surface area contributed by atoms with E-state index >= 15 is 0 Å². The second-order valence-electron chi connectivity index (χ2n) is 4.69. The quantitative estimate of drug-likeness (QED) is 0.507. The lowest BCUT2D eigenvalue weighted by Gasteiger charge is -1.92. The summed E-state index contributed by atoms with van der Waals surface area (Å²) in [6.07, 6.45) is 8.04. The molecule has 0 aromatic heterocycles. The Bertz CT molecular complexity index is 649. The van der Waals surface area contributed by atoms with E-state index in [1.54, 1.807) is 0 Å². The first-order valence-electron chi connectivity index (χ1n) is 6.93. The summed E-state index contributed by atoms with van der Waals surface area (Å²) in [6.45, 7) is 16.5. The molecule has 0 atom stereocenters. The van der Waals surface area contributed by atoms with Gasteiger partial charge in [-0.3, -0.25) is 0 Å². The third-order valence-corrected chi connectivity index (χ3v) is 5.72. The van der Waals surface area contributed by atoms with Crippen molar-refractivity contribution in [1.29, 1.82) is 0 Å². The van der Waals surface area contributed by atoms with Gasteiger partial charge >= 0.3 is 0 Å². The number of hydrogen-bond donors (Lipinski definition) is 0. The summed E-state index contributed by atoms with van der Waals surface area (Å²) in [6, 6.07) is 0. The number of hydrogen-bond acceptors (Lipinski definition) is 6. The lowest BCUT2D eigenvalue weighted by Crippen LogP contribution is -2.06. The molecule has 0 aliphatic rings. The Labute approximate surface area is 153 Å². The highest BCUT2D eigenvalue weighted by molar-refractivity contribution is 7.92. The van der Waals surface area contributed by atoms with Crippen molar-refractivity contribution in [3.8, 4) is 0 Å². The summed E-state index contributed by atoms with van der Waals surface area (Å²) < 4.78 is 63.1. The minimum absolute atomic E-state index is 0.0407. The van der Waals surface area contributed by atoms with Gasteiger partial charge in [-0.25, -0.2) is 25.3 Å². The predicted molar refractivity (Wildman–Crippen MR) is 108 cm³/mol. The summed E-state index contributed by atoms with van der Waals surface area (Å²) in [4.78, 5) is 0. The maximum absolute atomic E-state index is 10.7. The zero-order valence-corrected chi connectivity index (χ0v) is 17.1. The second-order valence-corrected chi connectivity index (χ2v) is 11.2. The second kappa shape index (κ2) is 14.9. The van der Waals surface area contributed by atoms with Crippen molar-refractivity contribution in [2.45, 2.75) is 0 Å². The van der Waals surface area contributed by atoms with Crippen molar-refractivity contribution < 1.29 is 25.3 Å². The van der Waals surface area contributed by atoms with E-state index in [9.17, 15) is 25.3 Å². The molecule has 9 heteroatoms. The first kappa shape index (κ1) is 28.4. The molecule has 0 aliphatic heterocycles. The highest BCUT2D eigenvalue weighted by atomic mass is 32.2. The maximum Gasteiger partial charge on any atom is 0.157 e. The van der Waals surface area contributed by atoms with Crippen LogP contribution in [-0.2, 0) is 29.5 Å². The highest BCUT2D eigenvalue weighted by Gasteiger charge is 2.03. The van der Waals surface area contributed by atoms with Crippen LogP contribution in [0.15, 0.2) is 63.3 Å². The molecule has 0 heterocycles. The van der Waals surface area contributed by atoms with Crippen LogP contribution in [0.3, 0.4) is 0 Å². The molecule has 0 aliphatic carbocycles. The zero-order chi connectivity index (χ0) is 20.6. The molecule has 0 aromatic rings. The highest BCUT2D eigenvalue weighted by Crippen LogP contribution is 1.90. The standard InChI is InChI=1S/2C6H10O2S.C4H8O2S/c2*1-3-5-9(7,8)6-4-2;1-3-4-7(2,5)6/h2*3-4H,1-2,5-6H2;3H,1,4H2,2H3. The van der Waals surface area contributed by atoms with Crippen LogP contribution >= 0.6 is 0 Å². The summed E-state index contributed by atoms with van der Waals surface area (Å²) >= 11 is 0. The molecule has 0 radical (unpaired) electrons. The van der Waals surface area contributed by atoms with Gasteiger partial charge in [-0.15, -0.1) is 32.9 Å². The minimum Gasteiger partial charge on any atom is -0.229 e. The van der Waals surface area contributed by atoms with Crippen molar-refractivity contribution >= 4 is 29.5 Å². The molecule has 0 bridgehead atoms. The fourth-order valence-corrected chi connectivity index (χ4v) is 3.21. The summed E-state index contributed by atoms with van der Waals surface area (Å²) in [5, 5.41) is 0. The van der Waals surface area contributed by atoms with Crippen LogP contribution in [0.1, 0.15) is 0 Å². The van der Waals surface area contributed by atoms with Gasteiger partial charge < -0.3 is 0 Å². The van der Waals surface area contributed by atoms with Gasteiger partial charge in [0.05, 0.1) is 28.8 Å². The lowest BCUT2D eigenvalue weighted by atomic mass is 10.8. The molecule has 6 nitrogen and oxygen atoms in total. The topological polar surface area (TPSA) is 102 Å². The summed E-state index contributed by atoms with van der Waals surface area (Å²) in [5.41, 5.74) is 0. The van der Waals surface area contributed by atoms with Gasteiger partial charge in [-0.1, -0.05) is 30.4 Å². The van der Waals surface area contributed by atoms with Crippen molar-refractivity contribution in [1.82, 2.24) is 0 Å². The maximum atomic E-state index is 10.7. The predicted octanol–water partition coefficient (Wildman–Crippen LogP) is 1.76. The molecule has 146 valence electrons. The van der Waals surface area contributed by atoms with Crippen LogP contribution in [0.5, 0.6) is 0 Å². The molecule has 0 N–H and O–H groups in total. The minimum atomic E-state index is -2.92. The van der Waals surface area contributed by atoms with E-state index in [0.717, 1.165) is 0 Å². The average molecular weight is 413 g/mol. The zero-order valence-electron chi connectivity index (χ0n) is 14.6. The molecule has 0 amide bonds. The Morgan fingerprint density at radius 2 is 0.720 bits per heavy atom. The van der Waals surface area contributed by atoms with E-state index < -0.39 is 29.5 Å². The molecular weight excluding hydrogens is 384 g/mol. The summed E-state index contributed by atoms with van der Waals surface area (Å²) in [5.74, 6) is 0.239. The van der Waals surface area contributed by atoms with Gasteiger partial charge in [0, 0.05) is 6.26 Å². The van der Waals surface area contributed by atoms with Gasteiger partial charge in [0.15, 0.2) is 29.5 Å². The van der Waals surface area contributed by atoms with Gasteiger partial charge in [-0.05, 0) is 0 Å². The molecule has 0 rings (SSSR count). The fourth-order valence-electron chi connectivity index (χ4n) is 1.07. The third-order valence-electron chi connectivity index (χ3n) is 1.91. The smallest absolute Gasteiger partial charge is 0.157 e. The monoisotopic (exact) mass is 412 g/mol. The average Bonchev–Trinajstić information content (AvgIpc) is 2.38. The molecule has 0 saturated carbocycles. The van der Waals surface area contributed by atoms with Crippen molar-refractivity contribution in [3.05, 3.63) is 63.3 Å². The van der Waals surface area contributed by atoms with E-state index in [1.807, 2.05) is 0 Å².